The molecule has 0 radical (unpaired) electrons. The summed E-state index contributed by atoms with van der Waals surface area (Å²) in [7, 11) is -3.60. The second-order valence-corrected chi connectivity index (χ2v) is 10.2. The minimum atomic E-state index is -3.60. The van der Waals surface area contributed by atoms with Gasteiger partial charge in [-0.1, -0.05) is 38.1 Å². The highest BCUT2D eigenvalue weighted by Crippen LogP contribution is 2.22. The molecular weight excluding hydrogens is 428 g/mol. The molecule has 0 aromatic heterocycles. The van der Waals surface area contributed by atoms with E-state index in [9.17, 15) is 18.0 Å². The Hall–Kier alpha value is -2.71. The molecule has 0 bridgehead atoms. The van der Waals surface area contributed by atoms with Crippen LogP contribution in [0.3, 0.4) is 0 Å². The fraction of sp³-hybridized carbons (Fsp3) is 0.417. The van der Waals surface area contributed by atoms with E-state index in [1.807, 2.05) is 12.1 Å². The van der Waals surface area contributed by atoms with Crippen molar-refractivity contribution in [2.24, 2.45) is 0 Å². The molecule has 0 spiro atoms. The van der Waals surface area contributed by atoms with Crippen LogP contribution in [0.5, 0.6) is 5.75 Å². The van der Waals surface area contributed by atoms with Crippen LogP contribution < -0.4 is 4.74 Å². The molecule has 1 fully saturated rings. The Bertz CT molecular complexity index is 1070. The van der Waals surface area contributed by atoms with E-state index in [1.54, 1.807) is 48.2 Å². The van der Waals surface area contributed by atoms with Crippen LogP contribution >= 0.6 is 0 Å². The molecule has 32 heavy (non-hydrogen) atoms. The minimum absolute atomic E-state index is 0.0781. The Balaban J connectivity index is 1.60. The normalized spacial score (nSPS) is 16.1. The average Bonchev–Trinajstić information content (AvgIpc) is 2.78. The summed E-state index contributed by atoms with van der Waals surface area (Å²) in [6.07, 6.45) is -0.746. The fourth-order valence-electron chi connectivity index (χ4n) is 3.62. The number of carbonyl (C=O) groups excluding carboxylic acids is 2. The van der Waals surface area contributed by atoms with E-state index in [1.165, 1.54) is 11.2 Å². The number of amides is 1. The summed E-state index contributed by atoms with van der Waals surface area (Å²) in [4.78, 5) is 26.2. The van der Waals surface area contributed by atoms with E-state index in [-0.39, 0.29) is 29.7 Å². The van der Waals surface area contributed by atoms with Crippen LogP contribution in [-0.4, -0.2) is 61.6 Å². The molecule has 1 atom stereocenters. The lowest BCUT2D eigenvalue weighted by molar-refractivity contribution is -0.139. The Labute approximate surface area is 190 Å². The van der Waals surface area contributed by atoms with Gasteiger partial charge in [-0.25, -0.2) is 8.42 Å². The Morgan fingerprint density at radius 3 is 2.12 bits per heavy atom. The van der Waals surface area contributed by atoms with E-state index in [0.717, 1.165) is 5.56 Å². The van der Waals surface area contributed by atoms with Gasteiger partial charge in [0, 0.05) is 31.7 Å². The second kappa shape index (κ2) is 9.83. The van der Waals surface area contributed by atoms with Gasteiger partial charge in [0.15, 0.2) is 11.9 Å². The van der Waals surface area contributed by atoms with Gasteiger partial charge in [-0.05, 0) is 49.6 Å². The van der Waals surface area contributed by atoms with Gasteiger partial charge >= 0.3 is 0 Å². The predicted octanol–water partition coefficient (Wildman–Crippen LogP) is 3.31. The first-order chi connectivity index (χ1) is 15.1. The van der Waals surface area contributed by atoms with Crippen LogP contribution in [-0.2, 0) is 14.8 Å². The molecule has 1 saturated heterocycles. The third kappa shape index (κ3) is 5.37. The number of ketones is 1. The molecular formula is C24H30N2O5S. The zero-order valence-electron chi connectivity index (χ0n) is 18.9. The van der Waals surface area contributed by atoms with Gasteiger partial charge in [0.25, 0.3) is 5.91 Å². The van der Waals surface area contributed by atoms with Crippen LogP contribution in [0.2, 0.25) is 0 Å². The zero-order chi connectivity index (χ0) is 23.5. The molecule has 0 saturated carbocycles. The number of benzene rings is 2. The highest BCUT2D eigenvalue weighted by Gasteiger charge is 2.32. The second-order valence-electron chi connectivity index (χ2n) is 8.30. The van der Waals surface area contributed by atoms with Gasteiger partial charge in [0.05, 0.1) is 4.90 Å². The molecule has 172 valence electrons. The summed E-state index contributed by atoms with van der Waals surface area (Å²) in [6.45, 7) is 8.29. The van der Waals surface area contributed by atoms with Crippen LogP contribution in [0.1, 0.15) is 49.5 Å². The number of piperazine rings is 1. The van der Waals surface area contributed by atoms with E-state index in [0.29, 0.717) is 30.3 Å². The number of hydrogen-bond donors (Lipinski definition) is 0. The smallest absolute Gasteiger partial charge is 0.263 e. The molecule has 0 aliphatic carbocycles. The topological polar surface area (TPSA) is 84.0 Å². The maximum absolute atomic E-state index is 13.0. The number of carbonyl (C=O) groups is 2. The van der Waals surface area contributed by atoms with Gasteiger partial charge in [-0.2, -0.15) is 4.31 Å². The van der Waals surface area contributed by atoms with E-state index < -0.39 is 16.1 Å². The molecule has 1 aliphatic rings. The fourth-order valence-corrected chi connectivity index (χ4v) is 5.04. The van der Waals surface area contributed by atoms with Crippen LogP contribution in [0.4, 0.5) is 0 Å². The molecule has 0 N–H and O–H groups in total. The monoisotopic (exact) mass is 458 g/mol. The lowest BCUT2D eigenvalue weighted by Gasteiger charge is -2.35. The molecule has 1 heterocycles. The summed E-state index contributed by atoms with van der Waals surface area (Å²) in [5.41, 5.74) is 1.60. The van der Waals surface area contributed by atoms with Crippen molar-refractivity contribution in [3.8, 4) is 5.75 Å². The van der Waals surface area contributed by atoms with E-state index >= 15 is 0 Å². The lowest BCUT2D eigenvalue weighted by Crippen LogP contribution is -2.53. The quantitative estimate of drug-likeness (QED) is 0.595. The first kappa shape index (κ1) is 23.9. The number of hydrogen-bond acceptors (Lipinski definition) is 5. The van der Waals surface area contributed by atoms with Crippen molar-refractivity contribution in [3.05, 3.63) is 59.7 Å². The van der Waals surface area contributed by atoms with Crippen molar-refractivity contribution in [2.45, 2.75) is 44.6 Å². The molecule has 1 amide bonds. The number of rotatable bonds is 7. The maximum atomic E-state index is 13.0. The van der Waals surface area contributed by atoms with Crippen molar-refractivity contribution in [3.63, 3.8) is 0 Å². The standard InChI is InChI=1S/C24H30N2O5S/c1-17(2)20-8-10-23(11-9-20)32(29,30)26-14-12-25(13-15-26)24(28)19(4)31-22-7-5-6-21(16-22)18(3)27/h5-11,16-17,19H,12-15H2,1-4H3. The molecule has 7 nitrogen and oxygen atoms in total. The predicted molar refractivity (Wildman–Crippen MR) is 122 cm³/mol. The average molecular weight is 459 g/mol. The van der Waals surface area contributed by atoms with E-state index in [2.05, 4.69) is 13.8 Å². The highest BCUT2D eigenvalue weighted by molar-refractivity contribution is 7.89. The number of sulfonamides is 1. The van der Waals surface area contributed by atoms with E-state index in [4.69, 9.17) is 4.74 Å². The summed E-state index contributed by atoms with van der Waals surface area (Å²) < 4.78 is 33.1. The number of nitrogens with zero attached hydrogens (tertiary/aromatic N) is 2. The van der Waals surface area contributed by atoms with Gasteiger partial charge in [-0.3, -0.25) is 9.59 Å². The van der Waals surface area contributed by atoms with Gasteiger partial charge in [0.1, 0.15) is 5.75 Å². The largest absolute Gasteiger partial charge is 0.481 e. The number of Topliss-reactive ketones (excluding diaryl/α,β-unsaturated/α-hetero) is 1. The third-order valence-corrected chi connectivity index (χ3v) is 7.55. The summed E-state index contributed by atoms with van der Waals surface area (Å²) in [5, 5.41) is 0. The first-order valence-electron chi connectivity index (χ1n) is 10.8. The Morgan fingerprint density at radius 2 is 1.56 bits per heavy atom. The summed E-state index contributed by atoms with van der Waals surface area (Å²) in [6, 6.07) is 13.7. The van der Waals surface area contributed by atoms with Crippen molar-refractivity contribution in [1.29, 1.82) is 0 Å². The lowest BCUT2D eigenvalue weighted by atomic mass is 10.0. The molecule has 1 aliphatic heterocycles. The van der Waals surface area contributed by atoms with Crippen molar-refractivity contribution >= 4 is 21.7 Å². The molecule has 8 heteroatoms. The van der Waals surface area contributed by atoms with Gasteiger partial charge in [-0.15, -0.1) is 0 Å². The number of ether oxygens (including phenoxy) is 1. The molecule has 2 aromatic rings. The SMILES string of the molecule is CC(=O)c1cccc(OC(C)C(=O)N2CCN(S(=O)(=O)c3ccc(C(C)C)cc3)CC2)c1. The summed E-state index contributed by atoms with van der Waals surface area (Å²) >= 11 is 0. The third-order valence-electron chi connectivity index (χ3n) is 5.64. The minimum Gasteiger partial charge on any atom is -0.481 e. The Morgan fingerprint density at radius 1 is 0.938 bits per heavy atom. The highest BCUT2D eigenvalue weighted by atomic mass is 32.2. The first-order valence-corrected chi connectivity index (χ1v) is 12.2. The summed E-state index contributed by atoms with van der Waals surface area (Å²) in [5.74, 6) is 0.488. The van der Waals surface area contributed by atoms with Crippen LogP contribution in [0.25, 0.3) is 0 Å². The molecule has 3 rings (SSSR count). The van der Waals surface area contributed by atoms with Crippen LogP contribution in [0, 0.1) is 0 Å². The zero-order valence-corrected chi connectivity index (χ0v) is 19.8. The Kier molecular flexibility index (Phi) is 7.36. The van der Waals surface area contributed by atoms with Gasteiger partial charge < -0.3 is 9.64 Å². The van der Waals surface area contributed by atoms with Crippen molar-refractivity contribution in [1.82, 2.24) is 9.21 Å². The van der Waals surface area contributed by atoms with Crippen molar-refractivity contribution in [2.75, 3.05) is 26.2 Å². The molecule has 1 unspecified atom stereocenters. The van der Waals surface area contributed by atoms with Crippen LogP contribution in [0.15, 0.2) is 53.4 Å². The maximum Gasteiger partial charge on any atom is 0.263 e. The molecule has 2 aromatic carbocycles. The van der Waals surface area contributed by atoms with Gasteiger partial charge in [0.2, 0.25) is 10.0 Å². The van der Waals surface area contributed by atoms with Crippen molar-refractivity contribution < 1.29 is 22.7 Å².